The van der Waals surface area contributed by atoms with E-state index < -0.39 is 108 Å². The number of hydrogen-bond acceptors (Lipinski definition) is 18. The number of piperidine rings is 1. The second-order valence-electron chi connectivity index (χ2n) is 21.8. The van der Waals surface area contributed by atoms with E-state index in [0.717, 1.165) is 11.3 Å². The standard InChI is InChI=1S/C55H83N5O14/c1-31-24-35(5)49(63)50(64)51(72-57)36(6)25-32(2)44(61)30-48(33(3)26-38-18-22-46(71-56)45(62)28-38)69-54(67)43-16-12-13-23-59(43)53(66)52(65)55(74-58)37(7)17-19-40(70-55)29-47(68-8)34(4)27-41-20-21-42(31)60(73-41)39-14-10-9-11-15-39/h9-11,14-15,20-21,25,27,31-33,35,37-38,40-43,45-48,50-51,62,64H,12-13,16-19,22-24,26,28-30,56-58H2,1-8H3/b34-27?,36-25+. The highest BCUT2D eigenvalue weighted by Crippen LogP contribution is 2.40. The van der Waals surface area contributed by atoms with E-state index in [0.29, 0.717) is 63.4 Å². The molecule has 0 aromatic heterocycles. The first kappa shape index (κ1) is 59.0. The molecule has 7 rings (SSSR count). The first-order valence-corrected chi connectivity index (χ1v) is 26.6. The Hall–Kier alpha value is -4.25. The maximum absolute atomic E-state index is 14.7. The number of hydrogen-bond donors (Lipinski definition) is 5. The molecule has 1 saturated carbocycles. The molecule has 0 radical (unpaired) electrons. The summed E-state index contributed by atoms with van der Waals surface area (Å²) in [7, 11) is 1.58. The van der Waals surface area contributed by atoms with E-state index in [9.17, 15) is 34.2 Å². The number of Topliss-reactive ketones (excluding diaryl/α,β-unsaturated/α-hetero) is 3. The van der Waals surface area contributed by atoms with Gasteiger partial charge in [0.1, 0.15) is 42.3 Å². The fraction of sp³-hybridized carbons (Fsp3) is 0.691. The van der Waals surface area contributed by atoms with Gasteiger partial charge in [-0.3, -0.25) is 38.5 Å². The maximum atomic E-state index is 14.7. The van der Waals surface area contributed by atoms with Crippen molar-refractivity contribution in [2.75, 3.05) is 18.7 Å². The molecule has 1 aliphatic carbocycles. The summed E-state index contributed by atoms with van der Waals surface area (Å²) >= 11 is 0. The van der Waals surface area contributed by atoms with E-state index in [2.05, 4.69) is 0 Å². The van der Waals surface area contributed by atoms with Gasteiger partial charge in [0, 0.05) is 44.2 Å². The number of hydroxylamine groups is 1. The zero-order valence-electron chi connectivity index (χ0n) is 44.5. The lowest BCUT2D eigenvalue weighted by molar-refractivity contribution is -0.289. The van der Waals surface area contributed by atoms with E-state index in [4.69, 9.17) is 51.3 Å². The van der Waals surface area contributed by atoms with Crippen molar-refractivity contribution in [3.63, 3.8) is 0 Å². The molecule has 74 heavy (non-hydrogen) atoms. The third-order valence-electron chi connectivity index (χ3n) is 16.4. The first-order valence-electron chi connectivity index (χ1n) is 26.6. The maximum Gasteiger partial charge on any atom is 0.329 e. The number of carbonyl (C=O) groups is 5. The lowest BCUT2D eigenvalue weighted by Gasteiger charge is -2.44. The number of ether oxygens (including phenoxy) is 3. The second kappa shape index (κ2) is 26.7. The number of amides is 1. The molecule has 19 heteroatoms. The third kappa shape index (κ3) is 13.8. The molecule has 3 fully saturated rings. The molecule has 2 saturated heterocycles. The van der Waals surface area contributed by atoms with Crippen LogP contribution in [-0.4, -0.2) is 125 Å². The van der Waals surface area contributed by atoms with Crippen molar-refractivity contribution in [3.05, 3.63) is 65.8 Å². The van der Waals surface area contributed by atoms with Gasteiger partial charge < -0.3 is 29.3 Å². The molecule has 5 aliphatic heterocycles. The molecule has 6 aliphatic rings. The molecule has 4 bridgehead atoms. The first-order chi connectivity index (χ1) is 35.3. The van der Waals surface area contributed by atoms with Crippen molar-refractivity contribution in [1.29, 1.82) is 0 Å². The number of methoxy groups -OCH3 is 1. The Morgan fingerprint density at radius 3 is 2.24 bits per heavy atom. The average molecular weight is 1040 g/mol. The zero-order valence-corrected chi connectivity index (χ0v) is 44.5. The number of fused-ring (bicyclic) bond motifs is 16. The minimum Gasteiger partial charge on any atom is -0.460 e. The van der Waals surface area contributed by atoms with Crippen LogP contribution >= 0.6 is 0 Å². The van der Waals surface area contributed by atoms with Crippen LogP contribution in [0.15, 0.2) is 65.8 Å². The quantitative estimate of drug-likeness (QED) is 0.0969. The Labute approximate surface area is 436 Å². The van der Waals surface area contributed by atoms with Crippen LogP contribution in [0.2, 0.25) is 0 Å². The molecular formula is C55H83N5O14. The number of aliphatic hydroxyl groups excluding tert-OH is 2. The highest BCUT2D eigenvalue weighted by molar-refractivity contribution is 6.39. The summed E-state index contributed by atoms with van der Waals surface area (Å²) in [5.74, 6) is 8.68. The van der Waals surface area contributed by atoms with E-state index in [1.807, 2.05) is 74.4 Å². The second-order valence-corrected chi connectivity index (χ2v) is 21.8. The summed E-state index contributed by atoms with van der Waals surface area (Å²) in [5, 5.41) is 24.2. The van der Waals surface area contributed by atoms with E-state index in [1.54, 1.807) is 40.9 Å². The van der Waals surface area contributed by atoms with Crippen LogP contribution < -0.4 is 22.8 Å². The van der Waals surface area contributed by atoms with Gasteiger partial charge in [-0.15, -0.1) is 0 Å². The lowest BCUT2D eigenvalue weighted by Crippen LogP contribution is -2.62. The molecule has 1 aromatic carbocycles. The van der Waals surface area contributed by atoms with E-state index >= 15 is 0 Å². The fourth-order valence-corrected chi connectivity index (χ4v) is 11.8. The van der Waals surface area contributed by atoms with Gasteiger partial charge in [-0.2, -0.15) is 0 Å². The number of para-hydroxylation sites is 1. The zero-order chi connectivity index (χ0) is 54.0. The van der Waals surface area contributed by atoms with Gasteiger partial charge in [-0.25, -0.2) is 27.5 Å². The summed E-state index contributed by atoms with van der Waals surface area (Å²) in [4.78, 5) is 95.7. The minimum absolute atomic E-state index is 0.0117. The molecule has 5 heterocycles. The number of ketones is 3. The summed E-state index contributed by atoms with van der Waals surface area (Å²) in [6.45, 7) is 12.6. The summed E-state index contributed by atoms with van der Waals surface area (Å²) < 4.78 is 18.8. The van der Waals surface area contributed by atoms with Crippen molar-refractivity contribution in [2.24, 2.45) is 53.2 Å². The average Bonchev–Trinajstić information content (AvgIpc) is 3.39. The van der Waals surface area contributed by atoms with Gasteiger partial charge in [0.05, 0.1) is 30.0 Å². The summed E-state index contributed by atoms with van der Waals surface area (Å²) in [6, 6.07) is 8.11. The topological polar surface area (TPSA) is 275 Å². The molecule has 1 amide bonds. The van der Waals surface area contributed by atoms with Crippen LogP contribution in [-0.2, 0) is 57.5 Å². The summed E-state index contributed by atoms with van der Waals surface area (Å²) in [5.41, 5.74) is 1.95. The fourth-order valence-electron chi connectivity index (χ4n) is 11.8. The smallest absolute Gasteiger partial charge is 0.329 e. The van der Waals surface area contributed by atoms with Crippen molar-refractivity contribution in [1.82, 2.24) is 4.90 Å². The molecule has 8 N–H and O–H groups in total. The number of allylic oxidation sites excluding steroid dienone is 1. The van der Waals surface area contributed by atoms with Crippen LogP contribution in [0.4, 0.5) is 5.69 Å². The Kier molecular flexibility index (Phi) is 21.3. The summed E-state index contributed by atoms with van der Waals surface area (Å²) in [6.07, 6.45) is 5.23. The number of anilines is 1. The minimum atomic E-state index is -2.17. The van der Waals surface area contributed by atoms with Crippen LogP contribution in [0.1, 0.15) is 126 Å². The van der Waals surface area contributed by atoms with Gasteiger partial charge in [0.15, 0.2) is 5.78 Å². The Morgan fingerprint density at radius 2 is 1.58 bits per heavy atom. The SMILES string of the molecule is COC1CC2CCC(C)C(ON)(O2)C(=O)C(=O)N2CCCCC2C(=O)OC(C(C)CC2CCC(ON)C(O)C2)CC(=O)C(C)/C=C(\C)C(ON)C(O)C(=O)C(C)CC(C)C2C=CC(C=C1C)ON2c1ccccc1. The number of nitrogens with zero attached hydrogens (tertiary/aromatic N) is 2. The van der Waals surface area contributed by atoms with Crippen molar-refractivity contribution in [3.8, 4) is 0 Å². The van der Waals surface area contributed by atoms with Crippen LogP contribution in [0.3, 0.4) is 0 Å². The van der Waals surface area contributed by atoms with Gasteiger partial charge in [0.2, 0.25) is 0 Å². The Bertz CT molecular complexity index is 2180. The van der Waals surface area contributed by atoms with Crippen molar-refractivity contribution >= 4 is 34.9 Å². The van der Waals surface area contributed by atoms with E-state index in [1.165, 1.54) is 4.90 Å². The number of aliphatic hydroxyl groups is 2. The van der Waals surface area contributed by atoms with E-state index in [-0.39, 0.29) is 49.5 Å². The predicted octanol–water partition coefficient (Wildman–Crippen LogP) is 5.20. The third-order valence-corrected chi connectivity index (χ3v) is 16.4. The molecule has 17 unspecified atom stereocenters. The molecule has 412 valence electrons. The highest BCUT2D eigenvalue weighted by atomic mass is 16.8. The molecular weight excluding hydrogens is 955 g/mol. The van der Waals surface area contributed by atoms with Crippen LogP contribution in [0.25, 0.3) is 0 Å². The Balaban J connectivity index is 1.36. The van der Waals surface area contributed by atoms with Gasteiger partial charge in [-0.1, -0.05) is 71.0 Å². The van der Waals surface area contributed by atoms with Crippen molar-refractivity contribution < 1.29 is 67.7 Å². The largest absolute Gasteiger partial charge is 0.460 e. The van der Waals surface area contributed by atoms with Crippen LogP contribution in [0, 0.1) is 35.5 Å². The molecule has 1 aromatic rings. The predicted molar refractivity (Wildman–Crippen MR) is 273 cm³/mol. The van der Waals surface area contributed by atoms with Gasteiger partial charge in [-0.05, 0) is 125 Å². The number of esters is 1. The molecule has 17 atom stereocenters. The van der Waals surface area contributed by atoms with Gasteiger partial charge in [0.25, 0.3) is 17.5 Å². The normalized spacial score (nSPS) is 38.2. The Morgan fingerprint density at radius 1 is 0.851 bits per heavy atom. The van der Waals surface area contributed by atoms with Gasteiger partial charge >= 0.3 is 5.97 Å². The number of benzene rings is 1. The molecule has 19 nitrogen and oxygen atoms in total. The lowest BCUT2D eigenvalue weighted by atomic mass is 9.78. The monoisotopic (exact) mass is 1040 g/mol. The molecule has 0 spiro atoms. The van der Waals surface area contributed by atoms with Crippen molar-refractivity contribution in [2.45, 2.75) is 192 Å². The number of nitrogens with two attached hydrogens (primary N) is 3. The van der Waals surface area contributed by atoms with Crippen LogP contribution in [0.5, 0.6) is 0 Å². The number of carbonyl (C=O) groups excluding carboxylic acids is 5. The highest BCUT2D eigenvalue weighted by Gasteiger charge is 2.55. The number of rotatable bonds is 8.